The number of rotatable bonds is 5. The molecule has 0 radical (unpaired) electrons. The molecule has 3 aromatic rings. The van der Waals surface area contributed by atoms with Crippen LogP contribution in [0, 0.1) is 6.92 Å². The molecule has 1 aromatic carbocycles. The number of carbonyl (C=O) groups excluding carboxylic acids is 1. The highest BCUT2D eigenvalue weighted by Crippen LogP contribution is 2.18. The molecule has 2 aromatic heterocycles. The SMILES string of the molecule is Cc1cccc(-c2nc(CCN(C)C(=O)c3cccs3)no2)c1. The molecule has 118 valence electrons. The molecule has 0 fully saturated rings. The minimum Gasteiger partial charge on any atom is -0.341 e. The number of aromatic nitrogens is 2. The van der Waals surface area contributed by atoms with Gasteiger partial charge >= 0.3 is 0 Å². The molecule has 6 heteroatoms. The highest BCUT2D eigenvalue weighted by atomic mass is 32.1. The summed E-state index contributed by atoms with van der Waals surface area (Å²) in [6.45, 7) is 2.56. The van der Waals surface area contributed by atoms with Crippen molar-refractivity contribution >= 4 is 17.2 Å². The van der Waals surface area contributed by atoms with Crippen LogP contribution >= 0.6 is 11.3 Å². The zero-order valence-electron chi connectivity index (χ0n) is 13.0. The van der Waals surface area contributed by atoms with Gasteiger partial charge in [-0.25, -0.2) is 0 Å². The number of hydrogen-bond acceptors (Lipinski definition) is 5. The number of amides is 1. The second kappa shape index (κ2) is 6.75. The van der Waals surface area contributed by atoms with Crippen molar-refractivity contribution in [3.05, 3.63) is 58.0 Å². The standard InChI is InChI=1S/C17H17N3O2S/c1-12-5-3-6-13(11-12)16-18-15(19-22-16)8-9-20(2)17(21)14-7-4-10-23-14/h3-7,10-11H,8-9H2,1-2H3. The van der Waals surface area contributed by atoms with E-state index >= 15 is 0 Å². The van der Waals surface area contributed by atoms with E-state index in [2.05, 4.69) is 10.1 Å². The van der Waals surface area contributed by atoms with Gasteiger partial charge in [0, 0.05) is 25.6 Å². The maximum absolute atomic E-state index is 12.2. The fourth-order valence-corrected chi connectivity index (χ4v) is 2.93. The molecule has 0 spiro atoms. The van der Waals surface area contributed by atoms with Crippen molar-refractivity contribution in [1.82, 2.24) is 15.0 Å². The lowest BCUT2D eigenvalue weighted by molar-refractivity contribution is 0.0800. The van der Waals surface area contributed by atoms with Crippen molar-refractivity contribution in [2.75, 3.05) is 13.6 Å². The number of aryl methyl sites for hydroxylation is 1. The maximum Gasteiger partial charge on any atom is 0.263 e. The van der Waals surface area contributed by atoms with Gasteiger partial charge in [0.25, 0.3) is 11.8 Å². The van der Waals surface area contributed by atoms with E-state index in [9.17, 15) is 4.79 Å². The highest BCUT2D eigenvalue weighted by molar-refractivity contribution is 7.12. The summed E-state index contributed by atoms with van der Waals surface area (Å²) in [6, 6.07) is 11.6. The summed E-state index contributed by atoms with van der Waals surface area (Å²) in [5, 5.41) is 5.89. The smallest absolute Gasteiger partial charge is 0.263 e. The molecule has 23 heavy (non-hydrogen) atoms. The fraction of sp³-hybridized carbons (Fsp3) is 0.235. The van der Waals surface area contributed by atoms with Gasteiger partial charge < -0.3 is 9.42 Å². The first-order valence-corrected chi connectivity index (χ1v) is 8.20. The van der Waals surface area contributed by atoms with Gasteiger partial charge in [0.2, 0.25) is 0 Å². The lowest BCUT2D eigenvalue weighted by atomic mass is 10.1. The van der Waals surface area contributed by atoms with Crippen molar-refractivity contribution in [3.8, 4) is 11.5 Å². The summed E-state index contributed by atoms with van der Waals surface area (Å²) in [7, 11) is 1.78. The molecular weight excluding hydrogens is 310 g/mol. The van der Waals surface area contributed by atoms with E-state index in [1.54, 1.807) is 11.9 Å². The van der Waals surface area contributed by atoms with Crippen LogP contribution in [0.5, 0.6) is 0 Å². The van der Waals surface area contributed by atoms with E-state index in [1.165, 1.54) is 11.3 Å². The highest BCUT2D eigenvalue weighted by Gasteiger charge is 2.14. The molecule has 0 bridgehead atoms. The minimum atomic E-state index is 0.0161. The largest absolute Gasteiger partial charge is 0.341 e. The minimum absolute atomic E-state index is 0.0161. The molecule has 0 atom stereocenters. The quantitative estimate of drug-likeness (QED) is 0.720. The average Bonchev–Trinajstić information content (AvgIpc) is 3.23. The number of likely N-dealkylation sites (N-methyl/N-ethyl adjacent to an activating group) is 1. The third-order valence-electron chi connectivity index (χ3n) is 3.48. The van der Waals surface area contributed by atoms with Crippen LogP contribution in [0.4, 0.5) is 0 Å². The van der Waals surface area contributed by atoms with Crippen LogP contribution < -0.4 is 0 Å². The molecule has 2 heterocycles. The molecule has 1 amide bonds. The Labute approximate surface area is 138 Å². The molecule has 0 unspecified atom stereocenters. The van der Waals surface area contributed by atoms with E-state index < -0.39 is 0 Å². The van der Waals surface area contributed by atoms with Crippen molar-refractivity contribution in [2.45, 2.75) is 13.3 Å². The predicted octanol–water partition coefficient (Wildman–Crippen LogP) is 3.42. The van der Waals surface area contributed by atoms with Crippen LogP contribution in [0.2, 0.25) is 0 Å². The van der Waals surface area contributed by atoms with Crippen LogP contribution in [0.1, 0.15) is 21.1 Å². The topological polar surface area (TPSA) is 59.2 Å². The Morgan fingerprint density at radius 3 is 2.91 bits per heavy atom. The van der Waals surface area contributed by atoms with E-state index in [4.69, 9.17) is 4.52 Å². The van der Waals surface area contributed by atoms with E-state index in [0.29, 0.717) is 24.7 Å². The molecule has 0 aliphatic heterocycles. The lowest BCUT2D eigenvalue weighted by Crippen LogP contribution is -2.28. The summed E-state index contributed by atoms with van der Waals surface area (Å²) in [6.07, 6.45) is 0.558. The zero-order valence-corrected chi connectivity index (χ0v) is 13.8. The molecular formula is C17H17N3O2S. The number of nitrogens with zero attached hydrogens (tertiary/aromatic N) is 3. The molecule has 0 saturated carbocycles. The summed E-state index contributed by atoms with van der Waals surface area (Å²) in [4.78, 5) is 19.0. The molecule has 0 N–H and O–H groups in total. The molecule has 0 saturated heterocycles. The monoisotopic (exact) mass is 327 g/mol. The number of thiophene rings is 1. The van der Waals surface area contributed by atoms with Crippen LogP contribution in [0.3, 0.4) is 0 Å². The van der Waals surface area contributed by atoms with Crippen LogP contribution in [0.15, 0.2) is 46.3 Å². The predicted molar refractivity (Wildman–Crippen MR) is 89.5 cm³/mol. The Kier molecular flexibility index (Phi) is 4.52. The van der Waals surface area contributed by atoms with E-state index in [0.717, 1.165) is 16.0 Å². The van der Waals surface area contributed by atoms with Gasteiger partial charge in [-0.15, -0.1) is 11.3 Å². The molecule has 3 rings (SSSR count). The Bertz CT molecular complexity index is 796. The molecule has 5 nitrogen and oxygen atoms in total. The zero-order chi connectivity index (χ0) is 16.2. The van der Waals surface area contributed by atoms with Crippen LogP contribution in [-0.2, 0) is 6.42 Å². The first-order valence-electron chi connectivity index (χ1n) is 7.32. The van der Waals surface area contributed by atoms with Crippen molar-refractivity contribution in [3.63, 3.8) is 0 Å². The van der Waals surface area contributed by atoms with Crippen molar-refractivity contribution in [1.29, 1.82) is 0 Å². The van der Waals surface area contributed by atoms with Crippen LogP contribution in [0.25, 0.3) is 11.5 Å². The number of carbonyl (C=O) groups is 1. The second-order valence-electron chi connectivity index (χ2n) is 5.34. The van der Waals surface area contributed by atoms with Gasteiger partial charge in [0.05, 0.1) is 4.88 Å². The normalized spacial score (nSPS) is 10.7. The van der Waals surface area contributed by atoms with E-state index in [1.807, 2.05) is 48.7 Å². The van der Waals surface area contributed by atoms with Gasteiger partial charge in [-0.1, -0.05) is 28.9 Å². The molecule has 0 aliphatic rings. The Morgan fingerprint density at radius 2 is 2.17 bits per heavy atom. The van der Waals surface area contributed by atoms with Gasteiger partial charge in [0.1, 0.15) is 0 Å². The van der Waals surface area contributed by atoms with Gasteiger partial charge in [-0.3, -0.25) is 4.79 Å². The van der Waals surface area contributed by atoms with Crippen molar-refractivity contribution < 1.29 is 9.32 Å². The third-order valence-corrected chi connectivity index (χ3v) is 4.34. The average molecular weight is 327 g/mol. The Morgan fingerprint density at radius 1 is 1.30 bits per heavy atom. The van der Waals surface area contributed by atoms with E-state index in [-0.39, 0.29) is 5.91 Å². The number of benzene rings is 1. The third kappa shape index (κ3) is 3.65. The summed E-state index contributed by atoms with van der Waals surface area (Å²) in [5.41, 5.74) is 2.05. The van der Waals surface area contributed by atoms with Gasteiger partial charge in [0.15, 0.2) is 5.82 Å². The second-order valence-corrected chi connectivity index (χ2v) is 6.29. The van der Waals surface area contributed by atoms with Crippen LogP contribution in [-0.4, -0.2) is 34.5 Å². The van der Waals surface area contributed by atoms with Gasteiger partial charge in [-0.2, -0.15) is 4.98 Å². The first-order chi connectivity index (χ1) is 11.1. The summed E-state index contributed by atoms with van der Waals surface area (Å²) < 4.78 is 5.31. The Hall–Kier alpha value is -2.47. The Balaban J connectivity index is 1.62. The fourth-order valence-electron chi connectivity index (χ4n) is 2.21. The van der Waals surface area contributed by atoms with Crippen molar-refractivity contribution in [2.24, 2.45) is 0 Å². The number of hydrogen-bond donors (Lipinski definition) is 0. The lowest BCUT2D eigenvalue weighted by Gasteiger charge is -2.14. The van der Waals surface area contributed by atoms with Gasteiger partial charge in [-0.05, 0) is 30.5 Å². The summed E-state index contributed by atoms with van der Waals surface area (Å²) >= 11 is 1.44. The maximum atomic E-state index is 12.2. The first kappa shape index (κ1) is 15.4. The summed E-state index contributed by atoms with van der Waals surface area (Å²) in [5.74, 6) is 1.13. The molecule has 0 aliphatic carbocycles.